The predicted molar refractivity (Wildman–Crippen MR) is 119 cm³/mol. The quantitative estimate of drug-likeness (QED) is 0.648. The summed E-state index contributed by atoms with van der Waals surface area (Å²) in [6.45, 7) is 8.63. The second-order valence-corrected chi connectivity index (χ2v) is 7.50. The van der Waals surface area contributed by atoms with Gasteiger partial charge in [-0.3, -0.25) is 4.90 Å². The second-order valence-electron chi connectivity index (χ2n) is 7.50. The van der Waals surface area contributed by atoms with Crippen molar-refractivity contribution in [3.8, 4) is 0 Å². The zero-order valence-electron chi connectivity index (χ0n) is 16.7. The van der Waals surface area contributed by atoms with Crippen molar-refractivity contribution in [2.75, 3.05) is 32.7 Å². The van der Waals surface area contributed by atoms with Crippen molar-refractivity contribution in [2.24, 2.45) is 0 Å². The second kappa shape index (κ2) is 9.44. The Morgan fingerprint density at radius 2 is 1.72 bits per heavy atom. The third-order valence-corrected chi connectivity index (χ3v) is 5.79. The number of carbonyl (C=O) groups is 1. The van der Waals surface area contributed by atoms with Crippen LogP contribution in [0.3, 0.4) is 0 Å². The van der Waals surface area contributed by atoms with Gasteiger partial charge in [0.05, 0.1) is 5.56 Å². The molecular weight excluding hydrogens is 386 g/mol. The summed E-state index contributed by atoms with van der Waals surface area (Å²) < 4.78 is 2.44. The van der Waals surface area contributed by atoms with Crippen LogP contribution in [0.1, 0.15) is 27.2 Å². The average molecular weight is 414 g/mol. The molecule has 0 atom stereocenters. The van der Waals surface area contributed by atoms with Gasteiger partial charge < -0.3 is 15.0 Å². The Kier molecular flexibility index (Phi) is 6.96. The molecule has 4 rings (SSSR count). The van der Waals surface area contributed by atoms with Crippen molar-refractivity contribution in [1.82, 2.24) is 14.8 Å². The molecule has 3 aromatic rings. The molecule has 0 aliphatic carbocycles. The number of halogens is 1. The van der Waals surface area contributed by atoms with E-state index in [1.54, 1.807) is 12.1 Å². The highest BCUT2D eigenvalue weighted by Crippen LogP contribution is 2.28. The van der Waals surface area contributed by atoms with E-state index in [4.69, 9.17) is 5.11 Å². The lowest BCUT2D eigenvalue weighted by Gasteiger charge is -2.27. The van der Waals surface area contributed by atoms with E-state index in [2.05, 4.69) is 46.0 Å². The Hall–Kier alpha value is -2.34. The summed E-state index contributed by atoms with van der Waals surface area (Å²) in [5, 5.41) is 13.8. The molecule has 0 radical (unpaired) electrons. The van der Waals surface area contributed by atoms with Gasteiger partial charge in [-0.1, -0.05) is 30.3 Å². The number of aromatic nitrogens is 1. The van der Waals surface area contributed by atoms with Gasteiger partial charge in [-0.2, -0.15) is 0 Å². The Bertz CT molecular complexity index is 976. The van der Waals surface area contributed by atoms with Crippen LogP contribution in [0.15, 0.2) is 48.5 Å². The Morgan fingerprint density at radius 3 is 2.41 bits per heavy atom. The summed E-state index contributed by atoms with van der Waals surface area (Å²) >= 11 is 0. The molecule has 1 aromatic heterocycles. The molecule has 1 aliphatic heterocycles. The minimum absolute atomic E-state index is 0. The Morgan fingerprint density at radius 1 is 1.03 bits per heavy atom. The molecule has 2 aromatic carbocycles. The van der Waals surface area contributed by atoms with Crippen LogP contribution in [0.2, 0.25) is 0 Å². The lowest BCUT2D eigenvalue weighted by molar-refractivity contribution is 0.0697. The van der Waals surface area contributed by atoms with Crippen molar-refractivity contribution in [1.29, 1.82) is 0 Å². The van der Waals surface area contributed by atoms with Crippen LogP contribution < -0.4 is 5.32 Å². The first-order valence-electron chi connectivity index (χ1n) is 9.95. The van der Waals surface area contributed by atoms with Gasteiger partial charge in [0.15, 0.2) is 0 Å². The van der Waals surface area contributed by atoms with Crippen LogP contribution in [-0.4, -0.2) is 53.3 Å². The third kappa shape index (κ3) is 4.64. The van der Waals surface area contributed by atoms with E-state index >= 15 is 0 Å². The van der Waals surface area contributed by atoms with Gasteiger partial charge >= 0.3 is 5.97 Å². The van der Waals surface area contributed by atoms with Crippen LogP contribution in [-0.2, 0) is 13.0 Å². The highest BCUT2D eigenvalue weighted by atomic mass is 35.5. The molecular formula is C23H28ClN3O2. The van der Waals surface area contributed by atoms with Gasteiger partial charge in [0.1, 0.15) is 0 Å². The highest BCUT2D eigenvalue weighted by molar-refractivity contribution is 5.88. The smallest absolute Gasteiger partial charge is 0.335 e. The number of nitrogens with one attached hydrogen (secondary N) is 1. The molecule has 2 N–H and O–H groups in total. The minimum Gasteiger partial charge on any atom is -0.478 e. The van der Waals surface area contributed by atoms with E-state index in [0.717, 1.165) is 51.3 Å². The van der Waals surface area contributed by atoms with E-state index < -0.39 is 5.97 Å². The van der Waals surface area contributed by atoms with Crippen molar-refractivity contribution >= 4 is 29.3 Å². The van der Waals surface area contributed by atoms with Gasteiger partial charge in [0, 0.05) is 55.9 Å². The Labute approximate surface area is 177 Å². The fourth-order valence-electron chi connectivity index (χ4n) is 4.16. The molecule has 0 unspecified atom stereocenters. The van der Waals surface area contributed by atoms with Crippen LogP contribution in [0.4, 0.5) is 0 Å². The van der Waals surface area contributed by atoms with Crippen LogP contribution >= 0.6 is 12.4 Å². The summed E-state index contributed by atoms with van der Waals surface area (Å²) in [5.74, 6) is -0.882. The number of para-hydroxylation sites is 1. The first kappa shape index (κ1) is 21.4. The number of benzene rings is 2. The third-order valence-electron chi connectivity index (χ3n) is 5.79. The molecule has 154 valence electrons. The fraction of sp³-hybridized carbons (Fsp3) is 0.348. The molecule has 0 bridgehead atoms. The van der Waals surface area contributed by atoms with Gasteiger partial charge in [-0.15, -0.1) is 12.4 Å². The maximum atomic E-state index is 11.1. The van der Waals surface area contributed by atoms with E-state index in [9.17, 15) is 4.79 Å². The monoisotopic (exact) mass is 413 g/mol. The van der Waals surface area contributed by atoms with E-state index in [1.807, 2.05) is 12.1 Å². The van der Waals surface area contributed by atoms with E-state index in [1.165, 1.54) is 22.2 Å². The van der Waals surface area contributed by atoms with Crippen LogP contribution in [0.25, 0.3) is 10.9 Å². The van der Waals surface area contributed by atoms with Crippen molar-refractivity contribution in [3.05, 3.63) is 70.9 Å². The number of piperazine rings is 1. The molecule has 0 amide bonds. The Balaban J connectivity index is 0.00000240. The number of rotatable bonds is 6. The molecule has 1 fully saturated rings. The summed E-state index contributed by atoms with van der Waals surface area (Å²) in [6, 6.07) is 15.8. The number of aromatic carboxylic acids is 1. The first-order valence-corrected chi connectivity index (χ1v) is 9.95. The zero-order valence-corrected chi connectivity index (χ0v) is 17.5. The number of carboxylic acids is 1. The number of hydrogen-bond donors (Lipinski definition) is 2. The van der Waals surface area contributed by atoms with Gasteiger partial charge in [0.25, 0.3) is 0 Å². The number of nitrogens with zero attached hydrogens (tertiary/aromatic N) is 2. The maximum absolute atomic E-state index is 11.1. The normalized spacial score (nSPS) is 14.7. The lowest BCUT2D eigenvalue weighted by atomic mass is 10.0. The molecule has 0 saturated carbocycles. The first-order chi connectivity index (χ1) is 13.6. The van der Waals surface area contributed by atoms with Crippen LogP contribution in [0, 0.1) is 6.92 Å². The molecule has 0 spiro atoms. The number of carboxylic acid groups (broad SMARTS) is 1. The van der Waals surface area contributed by atoms with Crippen molar-refractivity contribution in [3.63, 3.8) is 0 Å². The average Bonchev–Trinajstić information content (AvgIpc) is 2.99. The SMILES string of the molecule is Cc1c(Cc2ccc(C(=O)O)cc2)c2ccccc2n1CCN1CCNCC1.Cl. The summed E-state index contributed by atoms with van der Waals surface area (Å²) in [4.78, 5) is 13.6. The summed E-state index contributed by atoms with van der Waals surface area (Å²) in [5.41, 5.74) is 5.39. The predicted octanol–water partition coefficient (Wildman–Crippen LogP) is 3.57. The van der Waals surface area contributed by atoms with Gasteiger partial charge in [0.2, 0.25) is 0 Å². The number of hydrogen-bond acceptors (Lipinski definition) is 3. The molecule has 1 aliphatic rings. The zero-order chi connectivity index (χ0) is 19.5. The highest BCUT2D eigenvalue weighted by Gasteiger charge is 2.16. The standard InChI is InChI=1S/C23H27N3O2.ClH/c1-17-21(16-18-6-8-19(9-7-18)23(27)28)20-4-2-3-5-22(20)26(17)15-14-25-12-10-24-11-13-25;/h2-9,24H,10-16H2,1H3,(H,27,28);1H. The van der Waals surface area contributed by atoms with E-state index in [-0.39, 0.29) is 12.4 Å². The van der Waals surface area contributed by atoms with Crippen LogP contribution in [0.5, 0.6) is 0 Å². The number of fused-ring (bicyclic) bond motifs is 1. The minimum atomic E-state index is -0.882. The molecule has 5 nitrogen and oxygen atoms in total. The van der Waals surface area contributed by atoms with Crippen molar-refractivity contribution in [2.45, 2.75) is 19.9 Å². The molecule has 2 heterocycles. The molecule has 29 heavy (non-hydrogen) atoms. The fourth-order valence-corrected chi connectivity index (χ4v) is 4.16. The van der Waals surface area contributed by atoms with Gasteiger partial charge in [-0.25, -0.2) is 4.79 Å². The van der Waals surface area contributed by atoms with Gasteiger partial charge in [-0.05, 0) is 42.7 Å². The molecule has 1 saturated heterocycles. The van der Waals surface area contributed by atoms with E-state index in [0.29, 0.717) is 5.56 Å². The lowest BCUT2D eigenvalue weighted by Crippen LogP contribution is -2.44. The maximum Gasteiger partial charge on any atom is 0.335 e. The summed E-state index contributed by atoms with van der Waals surface area (Å²) in [7, 11) is 0. The topological polar surface area (TPSA) is 57.5 Å². The van der Waals surface area contributed by atoms with Crippen molar-refractivity contribution < 1.29 is 9.90 Å². The molecule has 6 heteroatoms. The summed E-state index contributed by atoms with van der Waals surface area (Å²) in [6.07, 6.45) is 0.812. The largest absolute Gasteiger partial charge is 0.478 e.